The molecule has 1 heterocycles. The number of thiophene rings is 1. The van der Waals surface area contributed by atoms with Crippen molar-refractivity contribution in [3.63, 3.8) is 0 Å². The lowest BCUT2D eigenvalue weighted by Gasteiger charge is -2.21. The van der Waals surface area contributed by atoms with E-state index in [0.29, 0.717) is 13.1 Å². The highest BCUT2D eigenvalue weighted by molar-refractivity contribution is 9.11. The molecular weight excluding hydrogens is 328 g/mol. The zero-order valence-corrected chi connectivity index (χ0v) is 13.7. The van der Waals surface area contributed by atoms with Crippen LogP contribution in [0.2, 0.25) is 0 Å². The van der Waals surface area contributed by atoms with E-state index >= 15 is 0 Å². The Bertz CT molecular complexity index is 407. The van der Waals surface area contributed by atoms with E-state index in [1.54, 1.807) is 11.3 Å². The number of hydrogen-bond donors (Lipinski definition) is 3. The van der Waals surface area contributed by atoms with Crippen molar-refractivity contribution in [2.24, 2.45) is 5.41 Å². The molecule has 0 bridgehead atoms. The fourth-order valence-electron chi connectivity index (χ4n) is 1.52. The maximum atomic E-state index is 11.5. The van der Waals surface area contributed by atoms with Crippen LogP contribution in [0.15, 0.2) is 15.9 Å². The Hall–Kier alpha value is -0.590. The van der Waals surface area contributed by atoms with Crippen LogP contribution in [-0.2, 0) is 6.54 Å². The molecule has 6 heteroatoms. The summed E-state index contributed by atoms with van der Waals surface area (Å²) in [6.45, 7) is 5.38. The van der Waals surface area contributed by atoms with E-state index in [-0.39, 0.29) is 18.1 Å². The average molecular weight is 349 g/mol. The fourth-order valence-corrected chi connectivity index (χ4v) is 2.95. The minimum atomic E-state index is -0.147. The predicted octanol–water partition coefficient (Wildman–Crippen LogP) is 3.11. The van der Waals surface area contributed by atoms with Crippen LogP contribution >= 0.6 is 27.3 Å². The van der Waals surface area contributed by atoms with Gasteiger partial charge < -0.3 is 15.7 Å². The second kappa shape index (κ2) is 7.87. The van der Waals surface area contributed by atoms with Crippen LogP contribution in [0.1, 0.15) is 31.6 Å². The molecule has 1 aromatic heterocycles. The van der Waals surface area contributed by atoms with Crippen molar-refractivity contribution in [2.75, 3.05) is 13.2 Å². The van der Waals surface area contributed by atoms with Gasteiger partial charge in [0.2, 0.25) is 0 Å². The van der Waals surface area contributed by atoms with E-state index in [9.17, 15) is 4.79 Å². The van der Waals surface area contributed by atoms with Crippen molar-refractivity contribution in [3.8, 4) is 0 Å². The van der Waals surface area contributed by atoms with Gasteiger partial charge in [-0.2, -0.15) is 0 Å². The topological polar surface area (TPSA) is 61.4 Å². The van der Waals surface area contributed by atoms with Crippen LogP contribution < -0.4 is 10.6 Å². The monoisotopic (exact) mass is 348 g/mol. The number of aliphatic hydroxyl groups is 1. The number of nitrogens with one attached hydrogen (secondary N) is 2. The van der Waals surface area contributed by atoms with E-state index < -0.39 is 0 Å². The third kappa shape index (κ3) is 6.94. The van der Waals surface area contributed by atoms with Gasteiger partial charge in [-0.15, -0.1) is 11.3 Å². The van der Waals surface area contributed by atoms with Gasteiger partial charge in [-0.25, -0.2) is 4.79 Å². The van der Waals surface area contributed by atoms with Gasteiger partial charge in [0.15, 0.2) is 0 Å². The maximum absolute atomic E-state index is 11.5. The Morgan fingerprint density at radius 1 is 1.42 bits per heavy atom. The third-order valence-electron chi connectivity index (χ3n) is 2.80. The number of carbonyl (C=O) groups excluding carboxylic acids is 1. The zero-order chi connectivity index (χ0) is 14.3. The molecule has 3 N–H and O–H groups in total. The Balaban J connectivity index is 2.11. The average Bonchev–Trinajstić information content (AvgIpc) is 2.78. The van der Waals surface area contributed by atoms with Gasteiger partial charge in [0, 0.05) is 18.0 Å². The van der Waals surface area contributed by atoms with Crippen LogP contribution in [0.5, 0.6) is 0 Å². The number of rotatable bonds is 7. The maximum Gasteiger partial charge on any atom is 0.315 e. The van der Waals surface area contributed by atoms with Gasteiger partial charge in [0.05, 0.1) is 10.3 Å². The number of amides is 2. The second-order valence-electron chi connectivity index (χ2n) is 5.24. The van der Waals surface area contributed by atoms with Gasteiger partial charge >= 0.3 is 6.03 Å². The van der Waals surface area contributed by atoms with Crippen LogP contribution in [0.3, 0.4) is 0 Å². The molecular formula is C13H21BrN2O2S. The Morgan fingerprint density at radius 3 is 2.74 bits per heavy atom. The van der Waals surface area contributed by atoms with E-state index in [1.807, 2.05) is 26.0 Å². The standard InChI is InChI=1S/C13H21BrN2O2S/c1-13(2,9-17)6-3-7-15-12(18)16-8-10-4-5-11(14)19-10/h4-5,17H,3,6-9H2,1-2H3,(H2,15,16,18). The Kier molecular flexibility index (Phi) is 6.82. The molecule has 1 rings (SSSR count). The third-order valence-corrected chi connectivity index (χ3v) is 4.42. The summed E-state index contributed by atoms with van der Waals surface area (Å²) < 4.78 is 1.07. The smallest absolute Gasteiger partial charge is 0.315 e. The molecule has 0 saturated carbocycles. The number of carbonyl (C=O) groups is 1. The number of halogens is 1. The summed E-state index contributed by atoms with van der Waals surface area (Å²) in [5.41, 5.74) is -0.0681. The van der Waals surface area contributed by atoms with Crippen molar-refractivity contribution in [1.82, 2.24) is 10.6 Å². The Labute approximate surface area is 126 Å². The summed E-state index contributed by atoms with van der Waals surface area (Å²) in [6.07, 6.45) is 1.76. The molecule has 0 aromatic carbocycles. The lowest BCUT2D eigenvalue weighted by Crippen LogP contribution is -2.35. The van der Waals surface area contributed by atoms with E-state index in [1.165, 1.54) is 0 Å². The number of hydrogen-bond acceptors (Lipinski definition) is 3. The molecule has 1 aromatic rings. The van der Waals surface area contributed by atoms with Crippen LogP contribution in [-0.4, -0.2) is 24.3 Å². The summed E-state index contributed by atoms with van der Waals surface area (Å²) >= 11 is 5.00. The lowest BCUT2D eigenvalue weighted by molar-refractivity contribution is 0.148. The minimum absolute atomic E-state index is 0.0681. The van der Waals surface area contributed by atoms with Crippen LogP contribution in [0, 0.1) is 5.41 Å². The summed E-state index contributed by atoms with van der Waals surface area (Å²) in [7, 11) is 0. The molecule has 0 saturated heterocycles. The summed E-state index contributed by atoms with van der Waals surface area (Å²) in [4.78, 5) is 12.7. The first kappa shape index (κ1) is 16.5. The van der Waals surface area contributed by atoms with Crippen molar-refractivity contribution < 1.29 is 9.90 Å². The normalized spacial score (nSPS) is 11.4. The van der Waals surface area contributed by atoms with Crippen molar-refractivity contribution in [2.45, 2.75) is 33.2 Å². The van der Waals surface area contributed by atoms with Crippen molar-refractivity contribution >= 4 is 33.3 Å². The molecule has 2 amide bonds. The van der Waals surface area contributed by atoms with Crippen LogP contribution in [0.4, 0.5) is 4.79 Å². The predicted molar refractivity (Wildman–Crippen MR) is 82.4 cm³/mol. The summed E-state index contributed by atoms with van der Waals surface area (Å²) in [5, 5.41) is 14.7. The minimum Gasteiger partial charge on any atom is -0.396 e. The first-order chi connectivity index (χ1) is 8.93. The van der Waals surface area contributed by atoms with E-state index in [2.05, 4.69) is 26.6 Å². The van der Waals surface area contributed by atoms with E-state index in [4.69, 9.17) is 5.11 Å². The summed E-state index contributed by atoms with van der Waals surface area (Å²) in [5.74, 6) is 0. The zero-order valence-electron chi connectivity index (χ0n) is 11.3. The SMILES string of the molecule is CC(C)(CO)CCCNC(=O)NCc1ccc(Br)s1. The van der Waals surface area contributed by atoms with Gasteiger partial charge in [-0.3, -0.25) is 0 Å². The van der Waals surface area contributed by atoms with Crippen molar-refractivity contribution in [3.05, 3.63) is 20.8 Å². The lowest BCUT2D eigenvalue weighted by atomic mass is 9.89. The Morgan fingerprint density at radius 2 is 2.16 bits per heavy atom. The largest absolute Gasteiger partial charge is 0.396 e. The molecule has 0 atom stereocenters. The molecule has 0 aliphatic rings. The van der Waals surface area contributed by atoms with Gasteiger partial charge in [0.25, 0.3) is 0 Å². The highest BCUT2D eigenvalue weighted by Crippen LogP contribution is 2.22. The molecule has 0 unspecified atom stereocenters. The molecule has 19 heavy (non-hydrogen) atoms. The molecule has 4 nitrogen and oxygen atoms in total. The quantitative estimate of drug-likeness (QED) is 0.663. The number of urea groups is 1. The molecule has 0 radical (unpaired) electrons. The second-order valence-corrected chi connectivity index (χ2v) is 7.79. The fraction of sp³-hybridized carbons (Fsp3) is 0.615. The molecule has 0 aliphatic heterocycles. The van der Waals surface area contributed by atoms with Crippen molar-refractivity contribution in [1.29, 1.82) is 0 Å². The highest BCUT2D eigenvalue weighted by Gasteiger charge is 2.15. The molecule has 0 aliphatic carbocycles. The highest BCUT2D eigenvalue weighted by atomic mass is 79.9. The van der Waals surface area contributed by atoms with Gasteiger partial charge in [-0.1, -0.05) is 13.8 Å². The molecule has 0 fully saturated rings. The van der Waals surface area contributed by atoms with Gasteiger partial charge in [0.1, 0.15) is 0 Å². The molecule has 108 valence electrons. The summed E-state index contributed by atoms with van der Waals surface area (Å²) in [6, 6.07) is 3.81. The molecule has 0 spiro atoms. The first-order valence-electron chi connectivity index (χ1n) is 6.30. The first-order valence-corrected chi connectivity index (χ1v) is 7.91. The number of aliphatic hydroxyl groups excluding tert-OH is 1. The van der Waals surface area contributed by atoms with E-state index in [0.717, 1.165) is 21.5 Å². The van der Waals surface area contributed by atoms with Gasteiger partial charge in [-0.05, 0) is 46.3 Å². The van der Waals surface area contributed by atoms with Crippen LogP contribution in [0.25, 0.3) is 0 Å².